The predicted molar refractivity (Wildman–Crippen MR) is 132 cm³/mol. The molecule has 1 unspecified atom stereocenters. The van der Waals surface area contributed by atoms with Gasteiger partial charge in [0.05, 0.1) is 27.4 Å². The lowest BCUT2D eigenvalue weighted by Crippen LogP contribution is -2.32. The summed E-state index contributed by atoms with van der Waals surface area (Å²) in [7, 11) is -2.47. The highest BCUT2D eigenvalue weighted by Gasteiger charge is 2.27. The van der Waals surface area contributed by atoms with E-state index in [-0.39, 0.29) is 35.9 Å². The van der Waals surface area contributed by atoms with Gasteiger partial charge in [0.2, 0.25) is 0 Å². The van der Waals surface area contributed by atoms with Crippen molar-refractivity contribution in [2.75, 3.05) is 26.5 Å². The van der Waals surface area contributed by atoms with Crippen LogP contribution in [0, 0.1) is 11.3 Å². The molecule has 1 amide bonds. The fraction of sp³-hybridized carbons (Fsp3) is 0.250. The number of nitrogens with zero attached hydrogens (tertiary/aromatic N) is 2. The molecule has 0 bridgehead atoms. The maximum absolute atomic E-state index is 13.7. The molecule has 3 rings (SSSR count). The van der Waals surface area contributed by atoms with Crippen molar-refractivity contribution in [2.24, 2.45) is 0 Å². The number of nitriles is 1. The van der Waals surface area contributed by atoms with Crippen molar-refractivity contribution in [3.05, 3.63) is 75.3 Å². The van der Waals surface area contributed by atoms with E-state index in [0.29, 0.717) is 27.2 Å². The number of benzene rings is 3. The topological polar surface area (TPSA) is 108 Å². The van der Waals surface area contributed by atoms with E-state index in [1.165, 1.54) is 11.0 Å². The fourth-order valence-electron chi connectivity index (χ4n) is 3.75. The Kier molecular flexibility index (Phi) is 8.05. The summed E-state index contributed by atoms with van der Waals surface area (Å²) in [4.78, 5) is 15.1. The minimum absolute atomic E-state index is 0.0283. The van der Waals surface area contributed by atoms with E-state index < -0.39 is 16.0 Å². The van der Waals surface area contributed by atoms with E-state index in [2.05, 4.69) is 0 Å². The van der Waals surface area contributed by atoms with Gasteiger partial charge in [0.25, 0.3) is 5.91 Å². The highest BCUT2D eigenvalue weighted by Crippen LogP contribution is 2.35. The van der Waals surface area contributed by atoms with Gasteiger partial charge in [-0.3, -0.25) is 4.79 Å². The Labute approximate surface area is 208 Å². The molecule has 3 aromatic carbocycles. The number of hydrogen-bond acceptors (Lipinski definition) is 6. The van der Waals surface area contributed by atoms with Crippen molar-refractivity contribution in [3.8, 4) is 11.8 Å². The van der Waals surface area contributed by atoms with Crippen LogP contribution >= 0.6 is 23.2 Å². The number of hydrogen-bond donors (Lipinski definition) is 1. The molecule has 7 nitrogen and oxygen atoms in total. The maximum atomic E-state index is 13.7. The summed E-state index contributed by atoms with van der Waals surface area (Å²) in [5, 5.41) is 21.0. The molecule has 0 heterocycles. The molecule has 34 heavy (non-hydrogen) atoms. The molecule has 1 N–H and O–H groups in total. The van der Waals surface area contributed by atoms with E-state index in [9.17, 15) is 23.6 Å². The van der Waals surface area contributed by atoms with E-state index in [0.717, 1.165) is 11.8 Å². The Morgan fingerprint density at radius 1 is 1.18 bits per heavy atom. The highest BCUT2D eigenvalue weighted by molar-refractivity contribution is 7.86. The molecule has 0 radical (unpaired) electrons. The quantitative estimate of drug-likeness (QED) is 0.435. The Bertz CT molecular complexity index is 1390. The van der Waals surface area contributed by atoms with Gasteiger partial charge >= 0.3 is 10.1 Å². The van der Waals surface area contributed by atoms with Crippen molar-refractivity contribution in [1.29, 1.82) is 5.26 Å². The van der Waals surface area contributed by atoms with Gasteiger partial charge in [0.1, 0.15) is 6.07 Å². The zero-order valence-electron chi connectivity index (χ0n) is 18.5. The third-order valence-electron chi connectivity index (χ3n) is 5.30. The van der Waals surface area contributed by atoms with Crippen LogP contribution in [-0.4, -0.2) is 50.8 Å². The van der Waals surface area contributed by atoms with Crippen LogP contribution < -0.4 is 4.18 Å². The van der Waals surface area contributed by atoms with Crippen LogP contribution in [0.3, 0.4) is 0 Å². The Hall–Kier alpha value is -2.83. The van der Waals surface area contributed by atoms with Crippen LogP contribution in [0.5, 0.6) is 5.75 Å². The van der Waals surface area contributed by atoms with Gasteiger partial charge in [-0.25, -0.2) is 0 Å². The second-order valence-electron chi connectivity index (χ2n) is 7.82. The second kappa shape index (κ2) is 10.6. The molecule has 0 aliphatic carbocycles. The summed E-state index contributed by atoms with van der Waals surface area (Å²) in [6, 6.07) is 15.4. The van der Waals surface area contributed by atoms with Crippen LogP contribution in [0.15, 0.2) is 48.5 Å². The lowest BCUT2D eigenvalue weighted by atomic mass is 9.94. The van der Waals surface area contributed by atoms with E-state index in [1.807, 2.05) is 6.07 Å². The van der Waals surface area contributed by atoms with Crippen molar-refractivity contribution < 1.29 is 22.5 Å². The van der Waals surface area contributed by atoms with E-state index in [4.69, 9.17) is 27.4 Å². The molecular formula is C24H22Cl2N2O5S. The Morgan fingerprint density at radius 3 is 2.50 bits per heavy atom. The molecule has 0 fully saturated rings. The Morgan fingerprint density at radius 2 is 1.88 bits per heavy atom. The van der Waals surface area contributed by atoms with Crippen molar-refractivity contribution in [3.63, 3.8) is 0 Å². The first-order valence-corrected chi connectivity index (χ1v) is 12.8. The first kappa shape index (κ1) is 25.8. The number of likely N-dealkylation sites (N-methyl/N-ethyl adjacent to an activating group) is 1. The SMILES string of the molecule is CN(CC(CCO)c1ccc(Cl)c(Cl)c1)C(=O)c1c(OS(C)(=O)=O)c(C#N)cc2ccccc12. The number of aliphatic hydroxyl groups excluding tert-OH is 1. The van der Waals surface area contributed by atoms with Crippen LogP contribution in [0.1, 0.15) is 33.8 Å². The lowest BCUT2D eigenvalue weighted by molar-refractivity contribution is 0.0781. The van der Waals surface area contributed by atoms with Crippen molar-refractivity contribution >= 4 is 50.0 Å². The first-order valence-electron chi connectivity index (χ1n) is 10.2. The first-order chi connectivity index (χ1) is 16.1. The van der Waals surface area contributed by atoms with Crippen molar-refractivity contribution in [2.45, 2.75) is 12.3 Å². The van der Waals surface area contributed by atoms with Gasteiger partial charge in [0, 0.05) is 26.1 Å². The number of aliphatic hydroxyl groups is 1. The van der Waals surface area contributed by atoms with Crippen LogP contribution in [0.4, 0.5) is 0 Å². The van der Waals surface area contributed by atoms with Gasteiger partial charge in [0.15, 0.2) is 5.75 Å². The van der Waals surface area contributed by atoms with Gasteiger partial charge in [-0.2, -0.15) is 13.7 Å². The Balaban J connectivity index is 2.09. The number of carbonyl (C=O) groups excluding carboxylic acids is 1. The van der Waals surface area contributed by atoms with Crippen LogP contribution in [0.2, 0.25) is 10.0 Å². The zero-order chi connectivity index (χ0) is 25.0. The maximum Gasteiger partial charge on any atom is 0.306 e. The summed E-state index contributed by atoms with van der Waals surface area (Å²) in [5.74, 6) is -1.12. The van der Waals surface area contributed by atoms with E-state index >= 15 is 0 Å². The predicted octanol–water partition coefficient (Wildman–Crippen LogP) is 4.59. The number of halogens is 2. The number of rotatable bonds is 8. The highest BCUT2D eigenvalue weighted by atomic mass is 35.5. The number of fused-ring (bicyclic) bond motifs is 1. The summed E-state index contributed by atoms with van der Waals surface area (Å²) < 4.78 is 29.0. The molecule has 0 saturated carbocycles. The van der Waals surface area contributed by atoms with Crippen LogP contribution in [-0.2, 0) is 10.1 Å². The third-order valence-corrected chi connectivity index (χ3v) is 6.51. The molecule has 0 spiro atoms. The molecule has 0 aliphatic rings. The largest absolute Gasteiger partial charge is 0.396 e. The second-order valence-corrected chi connectivity index (χ2v) is 10.2. The molecule has 0 saturated heterocycles. The van der Waals surface area contributed by atoms with Gasteiger partial charge in [-0.05, 0) is 41.0 Å². The standard InChI is InChI=1S/C24H22Cl2N2O5S/c1-28(14-17(9-10-29)15-7-8-20(25)21(26)12-15)24(30)22-19-6-4-3-5-16(19)11-18(13-27)23(22)33-34(2,31)32/h3-8,11-12,17,29H,9-10,14H2,1-2H3. The van der Waals surface area contributed by atoms with E-state index in [1.54, 1.807) is 49.5 Å². The minimum Gasteiger partial charge on any atom is -0.396 e. The molecule has 178 valence electrons. The van der Waals surface area contributed by atoms with Crippen LogP contribution in [0.25, 0.3) is 10.8 Å². The van der Waals surface area contributed by atoms with Gasteiger partial charge < -0.3 is 14.2 Å². The molecule has 1 atom stereocenters. The normalized spacial score (nSPS) is 12.2. The molecule has 3 aromatic rings. The number of amides is 1. The average Bonchev–Trinajstić information content (AvgIpc) is 2.78. The monoisotopic (exact) mass is 520 g/mol. The molecule has 0 aromatic heterocycles. The van der Waals surface area contributed by atoms with Crippen molar-refractivity contribution in [1.82, 2.24) is 4.90 Å². The van der Waals surface area contributed by atoms with Gasteiger partial charge in [-0.15, -0.1) is 0 Å². The third kappa shape index (κ3) is 5.80. The smallest absolute Gasteiger partial charge is 0.306 e. The summed E-state index contributed by atoms with van der Waals surface area (Å²) >= 11 is 12.2. The lowest BCUT2D eigenvalue weighted by Gasteiger charge is -2.26. The molecule has 10 heteroatoms. The summed E-state index contributed by atoms with van der Waals surface area (Å²) in [6.07, 6.45) is 1.20. The minimum atomic E-state index is -4.03. The van der Waals surface area contributed by atoms with Gasteiger partial charge in [-0.1, -0.05) is 53.5 Å². The fourth-order valence-corrected chi connectivity index (χ4v) is 4.53. The number of carbonyl (C=O) groups is 1. The molecular weight excluding hydrogens is 499 g/mol. The summed E-state index contributed by atoms with van der Waals surface area (Å²) in [5.41, 5.74) is 0.683. The molecule has 0 aliphatic heterocycles. The average molecular weight is 521 g/mol. The zero-order valence-corrected chi connectivity index (χ0v) is 20.8. The summed E-state index contributed by atoms with van der Waals surface area (Å²) in [6.45, 7) is 0.0585.